The van der Waals surface area contributed by atoms with Gasteiger partial charge in [0.2, 0.25) is 0 Å². The van der Waals surface area contributed by atoms with Crippen molar-refractivity contribution in [2.45, 2.75) is 6.54 Å². The Kier molecular flexibility index (Phi) is 3.83. The first kappa shape index (κ1) is 15.2. The van der Waals surface area contributed by atoms with E-state index in [1.54, 1.807) is 6.07 Å². The number of carboxylic acid groups (broad SMARTS) is 1. The average Bonchev–Trinajstić information content (AvgIpc) is 2.86. The fourth-order valence-corrected chi connectivity index (χ4v) is 2.68. The normalized spacial score (nSPS) is 10.9. The summed E-state index contributed by atoms with van der Waals surface area (Å²) in [6, 6.07) is 6.73. The number of pyridine rings is 1. The fourth-order valence-electron chi connectivity index (χ4n) is 2.42. The van der Waals surface area contributed by atoms with Gasteiger partial charge in [-0.3, -0.25) is 9.59 Å². The van der Waals surface area contributed by atoms with Crippen molar-refractivity contribution in [2.24, 2.45) is 0 Å². The Balaban J connectivity index is 2.17. The van der Waals surface area contributed by atoms with Crippen LogP contribution in [0.15, 0.2) is 42.7 Å². The van der Waals surface area contributed by atoms with Crippen LogP contribution < -0.4 is 0 Å². The largest absolute Gasteiger partial charge is 0.480 e. The van der Waals surface area contributed by atoms with Crippen LogP contribution in [0.1, 0.15) is 15.9 Å². The molecule has 0 radical (unpaired) electrons. The van der Waals surface area contributed by atoms with E-state index in [1.807, 2.05) is 0 Å². The van der Waals surface area contributed by atoms with Gasteiger partial charge in [0.05, 0.1) is 5.52 Å². The van der Waals surface area contributed by atoms with Crippen molar-refractivity contribution in [2.75, 3.05) is 0 Å². The summed E-state index contributed by atoms with van der Waals surface area (Å²) in [5.41, 5.74) is 0.966. The number of carbonyl (C=O) groups excluding carboxylic acids is 1. The van der Waals surface area contributed by atoms with Gasteiger partial charge in [0.25, 0.3) is 0 Å². The van der Waals surface area contributed by atoms with E-state index in [0.717, 1.165) is 0 Å². The van der Waals surface area contributed by atoms with E-state index < -0.39 is 11.8 Å². The monoisotopic (exact) mass is 332 g/mol. The molecule has 0 aliphatic rings. The molecule has 0 saturated carbocycles. The van der Waals surface area contributed by atoms with Crippen LogP contribution >= 0.6 is 11.6 Å². The third kappa shape index (κ3) is 2.80. The Morgan fingerprint density at radius 2 is 1.91 bits per heavy atom. The highest BCUT2D eigenvalue weighted by molar-refractivity contribution is 6.34. The van der Waals surface area contributed by atoms with Gasteiger partial charge in [-0.05, 0) is 30.3 Å². The number of carbonyl (C=O) groups is 2. The second kappa shape index (κ2) is 5.81. The SMILES string of the molecule is O=C(O)Cn1cc(C(=O)c2ccc(F)cc2)c2ccnc(Cl)c21. The quantitative estimate of drug-likeness (QED) is 0.588. The van der Waals surface area contributed by atoms with E-state index in [1.165, 1.54) is 41.2 Å². The summed E-state index contributed by atoms with van der Waals surface area (Å²) in [7, 11) is 0. The number of rotatable bonds is 4. The molecule has 3 rings (SSSR count). The van der Waals surface area contributed by atoms with Crippen LogP contribution in [0.25, 0.3) is 10.9 Å². The second-order valence-electron chi connectivity index (χ2n) is 4.90. The van der Waals surface area contributed by atoms with Crippen molar-refractivity contribution in [1.82, 2.24) is 9.55 Å². The Bertz CT molecular complexity index is 919. The molecule has 0 unspecified atom stereocenters. The Morgan fingerprint density at radius 1 is 1.22 bits per heavy atom. The van der Waals surface area contributed by atoms with Gasteiger partial charge in [-0.25, -0.2) is 9.37 Å². The molecule has 0 aliphatic heterocycles. The van der Waals surface area contributed by atoms with E-state index in [4.69, 9.17) is 16.7 Å². The average molecular weight is 333 g/mol. The van der Waals surface area contributed by atoms with Crippen LogP contribution in [-0.2, 0) is 11.3 Å². The summed E-state index contributed by atoms with van der Waals surface area (Å²) < 4.78 is 14.4. The lowest BCUT2D eigenvalue weighted by Gasteiger charge is -2.01. The second-order valence-corrected chi connectivity index (χ2v) is 5.26. The summed E-state index contributed by atoms with van der Waals surface area (Å²) in [5.74, 6) is -1.86. The number of hydrogen-bond acceptors (Lipinski definition) is 3. The zero-order valence-electron chi connectivity index (χ0n) is 11.7. The first-order valence-corrected chi connectivity index (χ1v) is 7.00. The molecule has 0 saturated heterocycles. The van der Waals surface area contributed by atoms with Crippen LogP contribution in [0.3, 0.4) is 0 Å². The van der Waals surface area contributed by atoms with Crippen molar-refractivity contribution >= 4 is 34.3 Å². The number of nitrogens with zero attached hydrogens (tertiary/aromatic N) is 2. The highest BCUT2D eigenvalue weighted by Crippen LogP contribution is 2.28. The molecule has 2 aromatic heterocycles. The molecule has 0 aliphatic carbocycles. The van der Waals surface area contributed by atoms with E-state index in [9.17, 15) is 14.0 Å². The van der Waals surface area contributed by atoms with Gasteiger partial charge in [0, 0.05) is 28.9 Å². The summed E-state index contributed by atoms with van der Waals surface area (Å²) in [6.45, 7) is -0.349. The number of fused-ring (bicyclic) bond motifs is 1. The Hall–Kier alpha value is -2.73. The maximum atomic E-state index is 13.0. The zero-order chi connectivity index (χ0) is 16.6. The number of aromatic nitrogens is 2. The molecule has 116 valence electrons. The lowest BCUT2D eigenvalue weighted by molar-refractivity contribution is -0.137. The summed E-state index contributed by atoms with van der Waals surface area (Å²) in [5, 5.41) is 9.62. The molecule has 5 nitrogen and oxygen atoms in total. The van der Waals surface area contributed by atoms with Gasteiger partial charge in [-0.15, -0.1) is 0 Å². The smallest absolute Gasteiger partial charge is 0.323 e. The molecule has 0 bridgehead atoms. The molecule has 0 amide bonds. The van der Waals surface area contributed by atoms with Crippen LogP contribution in [0, 0.1) is 5.82 Å². The lowest BCUT2D eigenvalue weighted by atomic mass is 10.0. The van der Waals surface area contributed by atoms with Gasteiger partial charge in [0.15, 0.2) is 10.9 Å². The van der Waals surface area contributed by atoms with Crippen molar-refractivity contribution in [3.05, 3.63) is 64.8 Å². The fraction of sp³-hybridized carbons (Fsp3) is 0.0625. The van der Waals surface area contributed by atoms with Crippen molar-refractivity contribution in [3.63, 3.8) is 0 Å². The van der Waals surface area contributed by atoms with Crippen LogP contribution in [-0.4, -0.2) is 26.4 Å². The molecule has 0 atom stereocenters. The highest BCUT2D eigenvalue weighted by atomic mass is 35.5. The number of carboxylic acids is 1. The first-order chi connectivity index (χ1) is 11.0. The maximum Gasteiger partial charge on any atom is 0.323 e. The third-order valence-electron chi connectivity index (χ3n) is 3.40. The van der Waals surface area contributed by atoms with Crippen molar-refractivity contribution < 1.29 is 19.1 Å². The van der Waals surface area contributed by atoms with Gasteiger partial charge >= 0.3 is 5.97 Å². The molecule has 0 spiro atoms. The van der Waals surface area contributed by atoms with Crippen molar-refractivity contribution in [3.8, 4) is 0 Å². The van der Waals surface area contributed by atoms with Crippen LogP contribution in [0.2, 0.25) is 5.15 Å². The molecule has 2 heterocycles. The molecular weight excluding hydrogens is 323 g/mol. The Morgan fingerprint density at radius 3 is 2.57 bits per heavy atom. The first-order valence-electron chi connectivity index (χ1n) is 6.63. The predicted molar refractivity (Wildman–Crippen MR) is 82.2 cm³/mol. The highest BCUT2D eigenvalue weighted by Gasteiger charge is 2.19. The maximum absolute atomic E-state index is 13.0. The van der Waals surface area contributed by atoms with Crippen molar-refractivity contribution in [1.29, 1.82) is 0 Å². The van der Waals surface area contributed by atoms with E-state index in [2.05, 4.69) is 4.98 Å². The van der Waals surface area contributed by atoms with Gasteiger partial charge in [0.1, 0.15) is 12.4 Å². The molecule has 3 aromatic rings. The number of ketones is 1. The molecule has 1 N–H and O–H groups in total. The number of aliphatic carboxylic acids is 1. The number of halogens is 2. The van der Waals surface area contributed by atoms with E-state index >= 15 is 0 Å². The van der Waals surface area contributed by atoms with E-state index in [0.29, 0.717) is 16.5 Å². The zero-order valence-corrected chi connectivity index (χ0v) is 12.4. The molecule has 0 fully saturated rings. The minimum atomic E-state index is -1.07. The number of benzene rings is 1. The lowest BCUT2D eigenvalue weighted by Crippen LogP contribution is -2.08. The molecule has 1 aromatic carbocycles. The predicted octanol–water partition coefficient (Wildman–Crippen LogP) is 3.14. The topological polar surface area (TPSA) is 72.2 Å². The Labute approximate surface area is 134 Å². The summed E-state index contributed by atoms with van der Waals surface area (Å²) >= 11 is 6.04. The summed E-state index contributed by atoms with van der Waals surface area (Å²) in [6.07, 6.45) is 2.87. The molecule has 7 heteroatoms. The van der Waals surface area contributed by atoms with Crippen LogP contribution in [0.4, 0.5) is 4.39 Å². The van der Waals surface area contributed by atoms with Gasteiger partial charge < -0.3 is 9.67 Å². The number of hydrogen-bond donors (Lipinski definition) is 1. The molecule has 23 heavy (non-hydrogen) atoms. The van der Waals surface area contributed by atoms with Gasteiger partial charge in [-0.1, -0.05) is 11.6 Å². The minimum Gasteiger partial charge on any atom is -0.480 e. The standard InChI is InChI=1S/C16H10ClFN2O3/c17-16-14-11(5-6-19-16)12(7-20(14)8-13(21)22)15(23)9-1-3-10(18)4-2-9/h1-7H,8H2,(H,21,22). The van der Waals surface area contributed by atoms with Crippen LogP contribution in [0.5, 0.6) is 0 Å². The summed E-state index contributed by atoms with van der Waals surface area (Å²) in [4.78, 5) is 27.6. The third-order valence-corrected chi connectivity index (χ3v) is 3.68. The van der Waals surface area contributed by atoms with E-state index in [-0.39, 0.29) is 23.0 Å². The molecular formula is C16H10ClFN2O3. The minimum absolute atomic E-state index is 0.113. The van der Waals surface area contributed by atoms with Gasteiger partial charge in [-0.2, -0.15) is 0 Å².